The first-order valence-electron chi connectivity index (χ1n) is 5.42. The van der Waals surface area contributed by atoms with Crippen molar-refractivity contribution < 1.29 is 9.90 Å². The second-order valence-corrected chi connectivity index (χ2v) is 4.33. The second-order valence-electron chi connectivity index (χ2n) is 4.33. The van der Waals surface area contributed by atoms with Crippen LogP contribution in [0.3, 0.4) is 0 Å². The normalized spacial score (nSPS) is 23.6. The summed E-state index contributed by atoms with van der Waals surface area (Å²) in [5, 5.41) is 12.0. The van der Waals surface area contributed by atoms with E-state index in [0.717, 1.165) is 5.56 Å². The Kier molecular flexibility index (Phi) is 2.83. The number of aryl methyl sites for hydroxylation is 1. The van der Waals surface area contributed by atoms with Gasteiger partial charge in [-0.05, 0) is 31.4 Å². The van der Waals surface area contributed by atoms with Crippen LogP contribution in [-0.4, -0.2) is 23.2 Å². The number of aliphatic hydroxyl groups is 1. The van der Waals surface area contributed by atoms with Crippen molar-refractivity contribution in [2.24, 2.45) is 0 Å². The summed E-state index contributed by atoms with van der Waals surface area (Å²) in [5.41, 5.74) is 7.69. The maximum absolute atomic E-state index is 11.9. The Morgan fingerprint density at radius 3 is 2.75 bits per heavy atom. The van der Waals surface area contributed by atoms with Crippen LogP contribution < -0.4 is 11.1 Å². The predicted octanol–water partition coefficient (Wildman–Crippen LogP) is 0.830. The van der Waals surface area contributed by atoms with Gasteiger partial charge in [-0.15, -0.1) is 0 Å². The third kappa shape index (κ3) is 2.02. The van der Waals surface area contributed by atoms with E-state index < -0.39 is 0 Å². The van der Waals surface area contributed by atoms with E-state index in [9.17, 15) is 4.79 Å². The maximum Gasteiger partial charge on any atom is 0.253 e. The molecular formula is C12H16N2O2. The fourth-order valence-electron chi connectivity index (χ4n) is 1.96. The Bertz CT molecular complexity index is 391. The lowest BCUT2D eigenvalue weighted by Crippen LogP contribution is -2.47. The van der Waals surface area contributed by atoms with Gasteiger partial charge in [-0.2, -0.15) is 0 Å². The molecule has 16 heavy (non-hydrogen) atoms. The summed E-state index contributed by atoms with van der Waals surface area (Å²) in [6.45, 7) is 1.86. The number of hydrogen-bond donors (Lipinski definition) is 3. The van der Waals surface area contributed by atoms with Crippen LogP contribution >= 0.6 is 0 Å². The van der Waals surface area contributed by atoms with Gasteiger partial charge in [0.05, 0.1) is 11.7 Å². The van der Waals surface area contributed by atoms with E-state index in [-0.39, 0.29) is 18.1 Å². The number of nitrogens with two attached hydrogens (primary N) is 1. The van der Waals surface area contributed by atoms with Crippen LogP contribution in [0.1, 0.15) is 28.8 Å². The zero-order valence-electron chi connectivity index (χ0n) is 9.23. The third-order valence-electron chi connectivity index (χ3n) is 2.98. The van der Waals surface area contributed by atoms with Crippen molar-refractivity contribution in [2.75, 3.05) is 5.73 Å². The number of carbonyl (C=O) groups excluding carboxylic acids is 1. The van der Waals surface area contributed by atoms with Crippen LogP contribution in [0, 0.1) is 6.92 Å². The Labute approximate surface area is 94.5 Å². The summed E-state index contributed by atoms with van der Waals surface area (Å²) in [6, 6.07) is 5.49. The van der Waals surface area contributed by atoms with Crippen molar-refractivity contribution in [3.8, 4) is 0 Å². The maximum atomic E-state index is 11.9. The highest BCUT2D eigenvalue weighted by Crippen LogP contribution is 2.21. The topological polar surface area (TPSA) is 75.4 Å². The first-order valence-corrected chi connectivity index (χ1v) is 5.42. The van der Waals surface area contributed by atoms with Gasteiger partial charge in [-0.25, -0.2) is 0 Å². The number of nitrogens with one attached hydrogen (secondary N) is 1. The summed E-state index contributed by atoms with van der Waals surface area (Å²) in [7, 11) is 0. The van der Waals surface area contributed by atoms with Gasteiger partial charge in [-0.1, -0.05) is 12.1 Å². The number of amides is 1. The molecule has 0 bridgehead atoms. The molecule has 4 heteroatoms. The first kappa shape index (κ1) is 11.0. The largest absolute Gasteiger partial charge is 0.398 e. The molecule has 0 heterocycles. The number of rotatable bonds is 2. The minimum atomic E-state index is -0.264. The van der Waals surface area contributed by atoms with Crippen LogP contribution in [0.15, 0.2) is 18.2 Å². The van der Waals surface area contributed by atoms with Gasteiger partial charge in [0.1, 0.15) is 0 Å². The highest BCUT2D eigenvalue weighted by Gasteiger charge is 2.29. The Morgan fingerprint density at radius 1 is 1.50 bits per heavy atom. The molecule has 4 N–H and O–H groups in total. The average Bonchev–Trinajstić information content (AvgIpc) is 2.15. The molecule has 0 aliphatic heterocycles. The molecule has 4 nitrogen and oxygen atoms in total. The zero-order valence-corrected chi connectivity index (χ0v) is 9.23. The number of aliphatic hydroxyl groups excluding tert-OH is 1. The van der Waals surface area contributed by atoms with Crippen molar-refractivity contribution in [1.82, 2.24) is 5.32 Å². The average molecular weight is 220 g/mol. The number of benzene rings is 1. The van der Waals surface area contributed by atoms with Crippen LogP contribution in [-0.2, 0) is 0 Å². The number of nitrogen functional groups attached to an aromatic ring is 1. The van der Waals surface area contributed by atoms with E-state index in [2.05, 4.69) is 5.32 Å². The third-order valence-corrected chi connectivity index (χ3v) is 2.98. The predicted molar refractivity (Wildman–Crippen MR) is 62.1 cm³/mol. The van der Waals surface area contributed by atoms with Gasteiger partial charge >= 0.3 is 0 Å². The van der Waals surface area contributed by atoms with Crippen molar-refractivity contribution in [2.45, 2.75) is 31.9 Å². The molecule has 0 spiro atoms. The Balaban J connectivity index is 2.09. The Hall–Kier alpha value is -1.55. The van der Waals surface area contributed by atoms with E-state index in [0.29, 0.717) is 24.1 Å². The van der Waals surface area contributed by atoms with Crippen molar-refractivity contribution in [3.63, 3.8) is 0 Å². The molecule has 0 unspecified atom stereocenters. The lowest BCUT2D eigenvalue weighted by molar-refractivity contribution is 0.0563. The molecule has 1 aromatic carbocycles. The molecule has 0 aromatic heterocycles. The summed E-state index contributed by atoms with van der Waals surface area (Å²) < 4.78 is 0. The monoisotopic (exact) mass is 220 g/mol. The van der Waals surface area contributed by atoms with Crippen LogP contribution in [0.4, 0.5) is 5.69 Å². The number of carbonyl (C=O) groups is 1. The van der Waals surface area contributed by atoms with E-state index in [1.807, 2.05) is 19.1 Å². The minimum Gasteiger partial charge on any atom is -0.398 e. The van der Waals surface area contributed by atoms with Crippen LogP contribution in [0.5, 0.6) is 0 Å². The zero-order chi connectivity index (χ0) is 11.7. The standard InChI is InChI=1S/C12H16N2O2/c1-7-3-2-4-10(13)11(7)12(16)14-8-5-9(15)6-8/h2-4,8-9,15H,5-6,13H2,1H3,(H,14,16). The summed E-state index contributed by atoms with van der Waals surface area (Å²) in [4.78, 5) is 11.9. The van der Waals surface area contributed by atoms with Crippen molar-refractivity contribution >= 4 is 11.6 Å². The molecule has 0 saturated heterocycles. The number of anilines is 1. The molecule has 2 rings (SSSR count). The molecule has 0 radical (unpaired) electrons. The number of hydrogen-bond acceptors (Lipinski definition) is 3. The van der Waals surface area contributed by atoms with Crippen molar-refractivity contribution in [1.29, 1.82) is 0 Å². The Morgan fingerprint density at radius 2 is 2.19 bits per heavy atom. The first-order chi connectivity index (χ1) is 7.58. The van der Waals surface area contributed by atoms with E-state index in [1.54, 1.807) is 6.07 Å². The summed E-state index contributed by atoms with van der Waals surface area (Å²) in [6.07, 6.45) is 1.01. The van der Waals surface area contributed by atoms with E-state index in [1.165, 1.54) is 0 Å². The van der Waals surface area contributed by atoms with Gasteiger partial charge in [0.15, 0.2) is 0 Å². The van der Waals surface area contributed by atoms with Crippen LogP contribution in [0.25, 0.3) is 0 Å². The molecular weight excluding hydrogens is 204 g/mol. The molecule has 1 saturated carbocycles. The highest BCUT2D eigenvalue weighted by atomic mass is 16.3. The SMILES string of the molecule is Cc1cccc(N)c1C(=O)NC1CC(O)C1. The van der Waals surface area contributed by atoms with Gasteiger partial charge in [0.25, 0.3) is 5.91 Å². The quantitative estimate of drug-likeness (QED) is 0.646. The second kappa shape index (κ2) is 4.14. The fourth-order valence-corrected chi connectivity index (χ4v) is 1.96. The van der Waals surface area contributed by atoms with Gasteiger partial charge < -0.3 is 16.2 Å². The minimum absolute atomic E-state index is 0.0847. The lowest BCUT2D eigenvalue weighted by Gasteiger charge is -2.32. The lowest BCUT2D eigenvalue weighted by atomic mass is 9.89. The van der Waals surface area contributed by atoms with Crippen molar-refractivity contribution in [3.05, 3.63) is 29.3 Å². The molecule has 1 amide bonds. The van der Waals surface area contributed by atoms with Gasteiger partial charge in [0.2, 0.25) is 0 Å². The smallest absolute Gasteiger partial charge is 0.253 e. The van der Waals surface area contributed by atoms with E-state index in [4.69, 9.17) is 10.8 Å². The molecule has 1 aliphatic carbocycles. The molecule has 0 atom stereocenters. The highest BCUT2D eigenvalue weighted by molar-refractivity contribution is 6.00. The molecule has 1 fully saturated rings. The molecule has 1 aliphatic rings. The van der Waals surface area contributed by atoms with Crippen LogP contribution in [0.2, 0.25) is 0 Å². The summed E-state index contributed by atoms with van der Waals surface area (Å²) in [5.74, 6) is -0.146. The van der Waals surface area contributed by atoms with Gasteiger partial charge in [0, 0.05) is 11.7 Å². The molecule has 86 valence electrons. The van der Waals surface area contributed by atoms with E-state index >= 15 is 0 Å². The molecule has 1 aromatic rings. The van der Waals surface area contributed by atoms with Gasteiger partial charge in [-0.3, -0.25) is 4.79 Å². The fraction of sp³-hybridized carbons (Fsp3) is 0.417. The summed E-state index contributed by atoms with van der Waals surface area (Å²) >= 11 is 0.